The molecule has 0 bridgehead atoms. The lowest BCUT2D eigenvalue weighted by atomic mass is 9.84. The van der Waals surface area contributed by atoms with E-state index in [1.165, 1.54) is 17.0 Å². The molecule has 1 saturated heterocycles. The largest absolute Gasteiger partial charge is 0.481 e. The third-order valence-corrected chi connectivity index (χ3v) is 4.63. The molecule has 0 spiro atoms. The van der Waals surface area contributed by atoms with Gasteiger partial charge >= 0.3 is 12.0 Å². The van der Waals surface area contributed by atoms with E-state index in [-0.39, 0.29) is 12.2 Å². The normalized spacial score (nSPS) is 21.4. The Balaban J connectivity index is 2.11. The Morgan fingerprint density at radius 2 is 2.24 bits per heavy atom. The first-order chi connectivity index (χ1) is 9.89. The van der Waals surface area contributed by atoms with Gasteiger partial charge in [-0.25, -0.2) is 9.18 Å². The Hall–Kier alpha value is -1.63. The number of amides is 2. The number of carbonyl (C=O) groups excluding carboxylic acids is 1. The van der Waals surface area contributed by atoms with E-state index in [0.29, 0.717) is 23.9 Å². The Morgan fingerprint density at radius 1 is 1.52 bits per heavy atom. The van der Waals surface area contributed by atoms with Gasteiger partial charge in [0.1, 0.15) is 5.82 Å². The number of halogens is 2. The van der Waals surface area contributed by atoms with Gasteiger partial charge in [0.25, 0.3) is 0 Å². The summed E-state index contributed by atoms with van der Waals surface area (Å²) < 4.78 is 14.1. The van der Waals surface area contributed by atoms with Gasteiger partial charge in [-0.15, -0.1) is 0 Å². The van der Waals surface area contributed by atoms with Crippen molar-refractivity contribution in [2.75, 3.05) is 18.4 Å². The third-order valence-electron chi connectivity index (χ3n) is 3.97. The Morgan fingerprint density at radius 3 is 2.76 bits per heavy atom. The Bertz CT molecular complexity index is 561. The van der Waals surface area contributed by atoms with Gasteiger partial charge in [-0.05, 0) is 40.9 Å². The fourth-order valence-electron chi connectivity index (χ4n) is 2.46. The number of likely N-dealkylation sites (tertiary alicyclic amines) is 1. The maximum absolute atomic E-state index is 13.7. The zero-order valence-electron chi connectivity index (χ0n) is 11.5. The molecule has 0 aromatic heterocycles. The summed E-state index contributed by atoms with van der Waals surface area (Å²) in [7, 11) is 0. The van der Waals surface area contributed by atoms with Gasteiger partial charge in [0.15, 0.2) is 0 Å². The van der Waals surface area contributed by atoms with E-state index in [0.717, 1.165) is 0 Å². The van der Waals surface area contributed by atoms with Gasteiger partial charge in [0.2, 0.25) is 0 Å². The van der Waals surface area contributed by atoms with Crippen LogP contribution in [-0.4, -0.2) is 35.1 Å². The van der Waals surface area contributed by atoms with Crippen molar-refractivity contribution in [2.45, 2.75) is 19.8 Å². The smallest absolute Gasteiger partial charge is 0.321 e. The lowest BCUT2D eigenvalue weighted by molar-refractivity contribution is -0.148. The molecule has 1 aliphatic heterocycles. The highest BCUT2D eigenvalue weighted by atomic mass is 79.9. The van der Waals surface area contributed by atoms with E-state index in [1.54, 1.807) is 13.0 Å². The van der Waals surface area contributed by atoms with E-state index >= 15 is 0 Å². The molecule has 5 nitrogen and oxygen atoms in total. The maximum atomic E-state index is 13.7. The second-order valence-electron chi connectivity index (χ2n) is 5.14. The Kier molecular flexibility index (Phi) is 4.51. The van der Waals surface area contributed by atoms with Gasteiger partial charge in [0.05, 0.1) is 11.1 Å². The van der Waals surface area contributed by atoms with Crippen molar-refractivity contribution in [1.29, 1.82) is 0 Å². The lowest BCUT2D eigenvalue weighted by Gasteiger charge is -2.23. The number of carboxylic acid groups (broad SMARTS) is 1. The molecule has 1 aromatic rings. The number of nitrogens with one attached hydrogen (secondary N) is 1. The molecule has 1 aromatic carbocycles. The minimum Gasteiger partial charge on any atom is -0.481 e. The number of carboxylic acids is 1. The topological polar surface area (TPSA) is 69.6 Å². The number of nitrogens with zero attached hydrogens (tertiary/aromatic N) is 1. The van der Waals surface area contributed by atoms with E-state index < -0.39 is 23.2 Å². The number of para-hydroxylation sites is 1. The highest BCUT2D eigenvalue weighted by Crippen LogP contribution is 2.35. The van der Waals surface area contributed by atoms with Crippen molar-refractivity contribution in [3.05, 3.63) is 28.5 Å². The van der Waals surface area contributed by atoms with Crippen LogP contribution in [-0.2, 0) is 4.79 Å². The standard InChI is InChI=1S/C14H16BrFN2O3/c1-2-14(12(19)20)6-7-18(8-14)13(21)17-11-9(15)4-3-5-10(11)16/h3-5H,2,6-8H2,1H3,(H,17,21)(H,19,20). The number of aliphatic carboxylic acids is 1. The van der Waals surface area contributed by atoms with Crippen molar-refractivity contribution < 1.29 is 19.1 Å². The molecule has 0 radical (unpaired) electrons. The van der Waals surface area contributed by atoms with Crippen LogP contribution in [0.3, 0.4) is 0 Å². The summed E-state index contributed by atoms with van der Waals surface area (Å²) in [6.07, 6.45) is 0.861. The maximum Gasteiger partial charge on any atom is 0.321 e. The summed E-state index contributed by atoms with van der Waals surface area (Å²) >= 11 is 3.18. The van der Waals surface area contributed by atoms with Crippen molar-refractivity contribution in [1.82, 2.24) is 4.90 Å². The molecule has 0 aliphatic carbocycles. The third kappa shape index (κ3) is 3.02. The van der Waals surface area contributed by atoms with E-state index in [9.17, 15) is 19.1 Å². The number of carbonyl (C=O) groups is 2. The Labute approximate surface area is 130 Å². The first kappa shape index (κ1) is 15.8. The summed E-state index contributed by atoms with van der Waals surface area (Å²) in [5.41, 5.74) is -0.837. The summed E-state index contributed by atoms with van der Waals surface area (Å²) in [6, 6.07) is 3.91. The van der Waals surface area contributed by atoms with Crippen molar-refractivity contribution in [3.8, 4) is 0 Å². The monoisotopic (exact) mass is 358 g/mol. The van der Waals surface area contributed by atoms with Crippen LogP contribution >= 0.6 is 15.9 Å². The first-order valence-electron chi connectivity index (χ1n) is 6.63. The highest BCUT2D eigenvalue weighted by Gasteiger charge is 2.44. The van der Waals surface area contributed by atoms with Crippen LogP contribution in [0, 0.1) is 11.2 Å². The van der Waals surface area contributed by atoms with E-state index in [1.807, 2.05) is 0 Å². The van der Waals surface area contributed by atoms with Crippen molar-refractivity contribution >= 4 is 33.6 Å². The molecular weight excluding hydrogens is 343 g/mol. The lowest BCUT2D eigenvalue weighted by Crippen LogP contribution is -2.38. The van der Waals surface area contributed by atoms with Crippen molar-refractivity contribution in [2.24, 2.45) is 5.41 Å². The molecule has 1 aliphatic rings. The SMILES string of the molecule is CCC1(C(=O)O)CCN(C(=O)Nc2c(F)cccc2Br)C1. The zero-order valence-corrected chi connectivity index (χ0v) is 13.1. The quantitative estimate of drug-likeness (QED) is 0.870. The highest BCUT2D eigenvalue weighted by molar-refractivity contribution is 9.10. The second-order valence-corrected chi connectivity index (χ2v) is 5.99. The van der Waals surface area contributed by atoms with Crippen LogP contribution in [0.4, 0.5) is 14.9 Å². The first-order valence-corrected chi connectivity index (χ1v) is 7.42. The molecular formula is C14H16BrFN2O3. The molecule has 1 heterocycles. The minimum absolute atomic E-state index is 0.0619. The zero-order chi connectivity index (χ0) is 15.6. The van der Waals surface area contributed by atoms with Crippen LogP contribution in [0.5, 0.6) is 0 Å². The summed E-state index contributed by atoms with van der Waals surface area (Å²) in [5, 5.41) is 11.8. The van der Waals surface area contributed by atoms with Crippen molar-refractivity contribution in [3.63, 3.8) is 0 Å². The molecule has 7 heteroatoms. The fourth-order valence-corrected chi connectivity index (χ4v) is 2.90. The van der Waals surface area contributed by atoms with Crippen LogP contribution < -0.4 is 5.32 Å². The van der Waals surface area contributed by atoms with Crippen LogP contribution in [0.25, 0.3) is 0 Å². The molecule has 1 unspecified atom stereocenters. The average molecular weight is 359 g/mol. The summed E-state index contributed by atoms with van der Waals surface area (Å²) in [6.45, 7) is 2.28. The molecule has 2 N–H and O–H groups in total. The van der Waals surface area contributed by atoms with Gasteiger partial charge < -0.3 is 15.3 Å². The average Bonchev–Trinajstić information content (AvgIpc) is 2.89. The number of hydrogen-bond donors (Lipinski definition) is 2. The minimum atomic E-state index is -0.899. The summed E-state index contributed by atoms with van der Waals surface area (Å²) in [4.78, 5) is 25.0. The number of urea groups is 1. The summed E-state index contributed by atoms with van der Waals surface area (Å²) in [5.74, 6) is -1.44. The number of hydrogen-bond acceptors (Lipinski definition) is 2. The predicted octanol–water partition coefficient (Wildman–Crippen LogP) is 3.31. The molecule has 1 atom stereocenters. The molecule has 2 rings (SSSR count). The number of anilines is 1. The van der Waals surface area contributed by atoms with Gasteiger partial charge in [-0.2, -0.15) is 0 Å². The molecule has 1 fully saturated rings. The number of rotatable bonds is 3. The second kappa shape index (κ2) is 6.01. The molecule has 114 valence electrons. The molecule has 2 amide bonds. The van der Waals surface area contributed by atoms with Gasteiger partial charge in [-0.1, -0.05) is 13.0 Å². The van der Waals surface area contributed by atoms with Gasteiger partial charge in [0, 0.05) is 17.6 Å². The predicted molar refractivity (Wildman–Crippen MR) is 79.7 cm³/mol. The molecule has 0 saturated carbocycles. The number of benzene rings is 1. The van der Waals surface area contributed by atoms with Crippen LogP contribution in [0.2, 0.25) is 0 Å². The van der Waals surface area contributed by atoms with Crippen LogP contribution in [0.15, 0.2) is 22.7 Å². The molecule has 21 heavy (non-hydrogen) atoms. The van der Waals surface area contributed by atoms with E-state index in [4.69, 9.17) is 0 Å². The fraction of sp³-hybridized carbons (Fsp3) is 0.429. The van der Waals surface area contributed by atoms with Crippen LogP contribution in [0.1, 0.15) is 19.8 Å². The van der Waals surface area contributed by atoms with E-state index in [2.05, 4.69) is 21.2 Å². The van der Waals surface area contributed by atoms with Gasteiger partial charge in [-0.3, -0.25) is 4.79 Å².